The predicted octanol–water partition coefficient (Wildman–Crippen LogP) is 5.74. The van der Waals surface area contributed by atoms with Gasteiger partial charge in [-0.3, -0.25) is 9.80 Å². The Balaban J connectivity index is 1.26. The molecule has 0 atom stereocenters. The highest BCUT2D eigenvalue weighted by atomic mass is 19.1. The fraction of sp³-hybridized carbons (Fsp3) is 0.464. The number of piperidine rings is 1. The van der Waals surface area contributed by atoms with Crippen molar-refractivity contribution in [3.05, 3.63) is 71.6 Å². The summed E-state index contributed by atoms with van der Waals surface area (Å²) in [7, 11) is 0. The van der Waals surface area contributed by atoms with Gasteiger partial charge < -0.3 is 5.32 Å². The average Bonchev–Trinajstić information content (AvgIpc) is 3.15. The summed E-state index contributed by atoms with van der Waals surface area (Å²) >= 11 is 0. The Labute approximate surface area is 196 Å². The average molecular weight is 448 g/mol. The van der Waals surface area contributed by atoms with Crippen LogP contribution in [0.4, 0.5) is 14.9 Å². The summed E-state index contributed by atoms with van der Waals surface area (Å²) in [4.78, 5) is 17.6. The first-order chi connectivity index (χ1) is 16.1. The Kier molecular flexibility index (Phi) is 6.50. The molecule has 0 aromatic heterocycles. The van der Waals surface area contributed by atoms with E-state index in [1.54, 1.807) is 12.1 Å². The normalized spacial score (nSPS) is 20.9. The van der Waals surface area contributed by atoms with Crippen molar-refractivity contribution in [3.8, 4) is 0 Å². The van der Waals surface area contributed by atoms with E-state index in [1.165, 1.54) is 30.9 Å². The van der Waals surface area contributed by atoms with Crippen molar-refractivity contribution in [2.45, 2.75) is 56.4 Å². The molecule has 1 aliphatic carbocycles. The molecule has 2 amide bonds. The molecule has 2 aliphatic heterocycles. The summed E-state index contributed by atoms with van der Waals surface area (Å²) in [6, 6.07) is 15.6. The molecule has 1 N–H and O–H groups in total. The number of amides is 2. The van der Waals surface area contributed by atoms with E-state index >= 15 is 0 Å². The van der Waals surface area contributed by atoms with Crippen LogP contribution in [0.2, 0.25) is 0 Å². The standard InChI is InChI=1S/C28H34FN3O/c29-23-13-14-26-25(20-23)28(21-32(26)27(33)30-24-11-5-2-6-12-24)15-18-31(19-16-28)17-7-10-22-8-3-1-4-9-22/h1,3-4,7-10,13-14,20,24H,2,5-6,11-12,15-19,21H2,(H,30,33). The molecule has 4 nitrogen and oxygen atoms in total. The predicted molar refractivity (Wildman–Crippen MR) is 132 cm³/mol. The van der Waals surface area contributed by atoms with E-state index in [1.807, 2.05) is 11.0 Å². The molecule has 1 spiro atoms. The van der Waals surface area contributed by atoms with Gasteiger partial charge in [-0.2, -0.15) is 0 Å². The fourth-order valence-corrected chi connectivity index (χ4v) is 5.82. The van der Waals surface area contributed by atoms with Gasteiger partial charge in [-0.25, -0.2) is 9.18 Å². The van der Waals surface area contributed by atoms with Gasteiger partial charge in [0.25, 0.3) is 0 Å². The highest BCUT2D eigenvalue weighted by molar-refractivity contribution is 5.95. The number of anilines is 1. The van der Waals surface area contributed by atoms with Gasteiger partial charge in [0, 0.05) is 30.2 Å². The summed E-state index contributed by atoms with van der Waals surface area (Å²) < 4.78 is 14.3. The number of urea groups is 1. The van der Waals surface area contributed by atoms with Gasteiger partial charge in [0.15, 0.2) is 0 Å². The lowest BCUT2D eigenvalue weighted by Gasteiger charge is -2.39. The second kappa shape index (κ2) is 9.68. The van der Waals surface area contributed by atoms with Gasteiger partial charge in [0.2, 0.25) is 0 Å². The largest absolute Gasteiger partial charge is 0.335 e. The SMILES string of the molecule is O=C(NC1CCCCC1)N1CC2(CCN(CC=Cc3ccccc3)CC2)c2cc(F)ccc21. The third-order valence-corrected chi connectivity index (χ3v) is 7.75. The molecule has 2 fully saturated rings. The van der Waals surface area contributed by atoms with Crippen LogP contribution in [0.3, 0.4) is 0 Å². The monoisotopic (exact) mass is 447 g/mol. The van der Waals surface area contributed by atoms with E-state index in [0.717, 1.165) is 56.6 Å². The van der Waals surface area contributed by atoms with Crippen molar-refractivity contribution in [2.24, 2.45) is 0 Å². The molecular weight excluding hydrogens is 413 g/mol. The molecule has 174 valence electrons. The van der Waals surface area contributed by atoms with E-state index < -0.39 is 0 Å². The van der Waals surface area contributed by atoms with Gasteiger partial charge in [0.05, 0.1) is 0 Å². The highest BCUT2D eigenvalue weighted by Crippen LogP contribution is 2.47. The molecule has 33 heavy (non-hydrogen) atoms. The van der Waals surface area contributed by atoms with E-state index in [4.69, 9.17) is 0 Å². The van der Waals surface area contributed by atoms with Crippen LogP contribution in [-0.4, -0.2) is 43.2 Å². The Morgan fingerprint density at radius 1 is 1.06 bits per heavy atom. The van der Waals surface area contributed by atoms with Crippen LogP contribution < -0.4 is 10.2 Å². The summed E-state index contributed by atoms with van der Waals surface area (Å²) in [5, 5.41) is 3.26. The fourth-order valence-electron chi connectivity index (χ4n) is 5.82. The molecule has 1 saturated heterocycles. The number of carbonyl (C=O) groups excluding carboxylic acids is 1. The van der Waals surface area contributed by atoms with Crippen molar-refractivity contribution >= 4 is 17.8 Å². The van der Waals surface area contributed by atoms with Crippen LogP contribution in [0.1, 0.15) is 56.1 Å². The van der Waals surface area contributed by atoms with E-state index in [2.05, 4.69) is 46.6 Å². The smallest absolute Gasteiger partial charge is 0.322 e. The zero-order chi connectivity index (χ0) is 22.7. The van der Waals surface area contributed by atoms with Gasteiger partial charge in [0.1, 0.15) is 5.82 Å². The minimum atomic E-state index is -0.212. The lowest BCUT2D eigenvalue weighted by atomic mass is 9.74. The number of halogens is 1. The molecule has 2 aromatic rings. The lowest BCUT2D eigenvalue weighted by molar-refractivity contribution is 0.179. The highest BCUT2D eigenvalue weighted by Gasteiger charge is 2.46. The summed E-state index contributed by atoms with van der Waals surface area (Å²) in [6.07, 6.45) is 12.0. The number of benzene rings is 2. The van der Waals surface area contributed by atoms with Gasteiger partial charge >= 0.3 is 6.03 Å². The first-order valence-electron chi connectivity index (χ1n) is 12.5. The second-order valence-corrected chi connectivity index (χ2v) is 9.93. The summed E-state index contributed by atoms with van der Waals surface area (Å²) in [5.74, 6) is -0.212. The van der Waals surface area contributed by atoms with Crippen LogP contribution in [0.5, 0.6) is 0 Å². The first kappa shape index (κ1) is 22.1. The summed E-state index contributed by atoms with van der Waals surface area (Å²) in [5.41, 5.74) is 2.97. The molecule has 0 bridgehead atoms. The number of carbonyl (C=O) groups is 1. The Bertz CT molecular complexity index is 991. The maximum Gasteiger partial charge on any atom is 0.322 e. The van der Waals surface area contributed by atoms with Gasteiger partial charge in [-0.05, 0) is 68.1 Å². The maximum absolute atomic E-state index is 14.3. The van der Waals surface area contributed by atoms with Crippen LogP contribution in [0, 0.1) is 5.82 Å². The molecule has 5 rings (SSSR count). The topological polar surface area (TPSA) is 35.6 Å². The molecule has 5 heteroatoms. The van der Waals surface area contributed by atoms with Crippen LogP contribution in [0.25, 0.3) is 6.08 Å². The Morgan fingerprint density at radius 2 is 1.82 bits per heavy atom. The molecule has 2 aromatic carbocycles. The van der Waals surface area contributed by atoms with Crippen molar-refractivity contribution in [1.29, 1.82) is 0 Å². The van der Waals surface area contributed by atoms with Crippen molar-refractivity contribution in [1.82, 2.24) is 10.2 Å². The van der Waals surface area contributed by atoms with Crippen molar-refractivity contribution in [2.75, 3.05) is 31.1 Å². The molecule has 0 radical (unpaired) electrons. The minimum Gasteiger partial charge on any atom is -0.335 e. The maximum atomic E-state index is 14.3. The molecular formula is C28H34FN3O. The number of rotatable bonds is 4. The van der Waals surface area contributed by atoms with Crippen LogP contribution >= 0.6 is 0 Å². The van der Waals surface area contributed by atoms with Gasteiger partial charge in [-0.1, -0.05) is 61.7 Å². The molecule has 0 unspecified atom stereocenters. The van der Waals surface area contributed by atoms with E-state index in [-0.39, 0.29) is 23.3 Å². The first-order valence-corrected chi connectivity index (χ1v) is 12.5. The van der Waals surface area contributed by atoms with E-state index in [9.17, 15) is 9.18 Å². The Hall–Kier alpha value is -2.66. The van der Waals surface area contributed by atoms with Crippen molar-refractivity contribution in [3.63, 3.8) is 0 Å². The Morgan fingerprint density at radius 3 is 2.58 bits per heavy atom. The van der Waals surface area contributed by atoms with Crippen LogP contribution in [-0.2, 0) is 5.41 Å². The number of hydrogen-bond donors (Lipinski definition) is 1. The number of likely N-dealkylation sites (tertiary alicyclic amines) is 1. The minimum absolute atomic E-state index is 0.0140. The van der Waals surface area contributed by atoms with E-state index in [0.29, 0.717) is 6.54 Å². The number of nitrogens with zero attached hydrogens (tertiary/aromatic N) is 2. The molecule has 3 aliphatic rings. The van der Waals surface area contributed by atoms with Crippen molar-refractivity contribution < 1.29 is 9.18 Å². The quantitative estimate of drug-likeness (QED) is 0.649. The van der Waals surface area contributed by atoms with Crippen LogP contribution in [0.15, 0.2) is 54.6 Å². The number of nitrogens with one attached hydrogen (secondary N) is 1. The third kappa shape index (κ3) is 4.84. The van der Waals surface area contributed by atoms with Gasteiger partial charge in [-0.15, -0.1) is 0 Å². The molecule has 1 saturated carbocycles. The lowest BCUT2D eigenvalue weighted by Crippen LogP contribution is -2.49. The number of hydrogen-bond acceptors (Lipinski definition) is 2. The summed E-state index contributed by atoms with van der Waals surface area (Å²) in [6.45, 7) is 3.46. The zero-order valence-corrected chi connectivity index (χ0v) is 19.3. The number of fused-ring (bicyclic) bond motifs is 2. The zero-order valence-electron chi connectivity index (χ0n) is 19.3. The molecule has 2 heterocycles. The second-order valence-electron chi connectivity index (χ2n) is 9.93. The third-order valence-electron chi connectivity index (χ3n) is 7.75.